The summed E-state index contributed by atoms with van der Waals surface area (Å²) < 4.78 is 11.1. The van der Waals surface area contributed by atoms with Gasteiger partial charge in [0.05, 0.1) is 13.2 Å². The van der Waals surface area contributed by atoms with Crippen LogP contribution in [0.5, 0.6) is 5.75 Å². The molecule has 1 aliphatic heterocycles. The van der Waals surface area contributed by atoms with E-state index >= 15 is 0 Å². The monoisotopic (exact) mass is 291 g/mol. The SMILES string of the molecule is NCC#Cc1cccc(OCCSC2CCOCC2)c1. The average molecular weight is 291 g/mol. The van der Waals surface area contributed by atoms with E-state index in [2.05, 4.69) is 11.8 Å². The summed E-state index contributed by atoms with van der Waals surface area (Å²) in [6, 6.07) is 7.85. The molecule has 20 heavy (non-hydrogen) atoms. The molecule has 0 radical (unpaired) electrons. The van der Waals surface area contributed by atoms with Crippen molar-refractivity contribution in [2.45, 2.75) is 18.1 Å². The van der Waals surface area contributed by atoms with Gasteiger partial charge in [-0.15, -0.1) is 0 Å². The second-order valence-electron chi connectivity index (χ2n) is 4.56. The van der Waals surface area contributed by atoms with Crippen LogP contribution in [0.2, 0.25) is 0 Å². The summed E-state index contributed by atoms with van der Waals surface area (Å²) in [5.41, 5.74) is 6.32. The molecule has 0 saturated carbocycles. The van der Waals surface area contributed by atoms with Crippen molar-refractivity contribution in [2.75, 3.05) is 32.1 Å². The van der Waals surface area contributed by atoms with Gasteiger partial charge in [-0.1, -0.05) is 17.9 Å². The number of ether oxygens (including phenoxy) is 2. The summed E-state index contributed by atoms with van der Waals surface area (Å²) in [4.78, 5) is 0. The summed E-state index contributed by atoms with van der Waals surface area (Å²) in [7, 11) is 0. The number of hydrogen-bond donors (Lipinski definition) is 1. The lowest BCUT2D eigenvalue weighted by Crippen LogP contribution is -2.18. The first kappa shape index (κ1) is 15.2. The van der Waals surface area contributed by atoms with Gasteiger partial charge in [-0.05, 0) is 31.0 Å². The molecule has 3 nitrogen and oxygen atoms in total. The molecule has 1 saturated heterocycles. The number of thioether (sulfide) groups is 1. The Labute approximate surface area is 125 Å². The quantitative estimate of drug-likeness (QED) is 0.668. The lowest BCUT2D eigenvalue weighted by molar-refractivity contribution is 0.1000. The molecule has 2 N–H and O–H groups in total. The average Bonchev–Trinajstić information content (AvgIpc) is 2.51. The molecule has 108 valence electrons. The third-order valence-corrected chi connectivity index (χ3v) is 4.39. The Morgan fingerprint density at radius 1 is 1.35 bits per heavy atom. The summed E-state index contributed by atoms with van der Waals surface area (Å²) in [5.74, 6) is 7.75. The Hall–Kier alpha value is -1.15. The lowest BCUT2D eigenvalue weighted by Gasteiger charge is -2.21. The van der Waals surface area contributed by atoms with E-state index in [9.17, 15) is 0 Å². The fraction of sp³-hybridized carbons (Fsp3) is 0.500. The summed E-state index contributed by atoms with van der Waals surface area (Å²) >= 11 is 1.99. The fourth-order valence-electron chi connectivity index (χ4n) is 2.03. The Morgan fingerprint density at radius 2 is 2.20 bits per heavy atom. The molecule has 0 aliphatic carbocycles. The van der Waals surface area contributed by atoms with Crippen LogP contribution in [-0.4, -0.2) is 37.4 Å². The van der Waals surface area contributed by atoms with Crippen molar-refractivity contribution in [3.05, 3.63) is 29.8 Å². The van der Waals surface area contributed by atoms with E-state index in [1.165, 1.54) is 0 Å². The van der Waals surface area contributed by atoms with Gasteiger partial charge in [-0.3, -0.25) is 0 Å². The Kier molecular flexibility index (Phi) is 6.79. The minimum Gasteiger partial charge on any atom is -0.493 e. The van der Waals surface area contributed by atoms with Gasteiger partial charge >= 0.3 is 0 Å². The molecule has 4 heteroatoms. The highest BCUT2D eigenvalue weighted by Gasteiger charge is 2.13. The van der Waals surface area contributed by atoms with Crippen LogP contribution in [0.25, 0.3) is 0 Å². The highest BCUT2D eigenvalue weighted by atomic mass is 32.2. The third-order valence-electron chi connectivity index (χ3n) is 3.04. The van der Waals surface area contributed by atoms with Crippen LogP contribution in [0, 0.1) is 11.8 Å². The number of benzene rings is 1. The second-order valence-corrected chi connectivity index (χ2v) is 5.97. The van der Waals surface area contributed by atoms with Gasteiger partial charge in [0.15, 0.2) is 0 Å². The summed E-state index contributed by atoms with van der Waals surface area (Å²) in [6.07, 6.45) is 2.32. The molecular weight excluding hydrogens is 270 g/mol. The van der Waals surface area contributed by atoms with Gasteiger partial charge in [-0.25, -0.2) is 0 Å². The van der Waals surface area contributed by atoms with Gasteiger partial charge in [0.25, 0.3) is 0 Å². The Bertz CT molecular complexity index is 461. The normalized spacial score (nSPS) is 15.4. The molecule has 1 fully saturated rings. The molecule has 2 rings (SSSR count). The highest BCUT2D eigenvalue weighted by Crippen LogP contribution is 2.22. The predicted octanol–water partition coefficient (Wildman–Crippen LogP) is 2.29. The maximum atomic E-state index is 5.77. The first-order chi connectivity index (χ1) is 9.88. The number of nitrogens with two attached hydrogens (primary N) is 1. The van der Waals surface area contributed by atoms with E-state index in [4.69, 9.17) is 15.2 Å². The zero-order valence-electron chi connectivity index (χ0n) is 11.6. The van der Waals surface area contributed by atoms with Crippen LogP contribution in [0.4, 0.5) is 0 Å². The van der Waals surface area contributed by atoms with Gasteiger partial charge in [-0.2, -0.15) is 11.8 Å². The summed E-state index contributed by atoms with van der Waals surface area (Å²) in [6.45, 7) is 2.92. The Balaban J connectivity index is 1.70. The first-order valence-electron chi connectivity index (χ1n) is 6.99. The Morgan fingerprint density at radius 3 is 3.00 bits per heavy atom. The van der Waals surface area contributed by atoms with Crippen LogP contribution in [0.1, 0.15) is 18.4 Å². The van der Waals surface area contributed by atoms with Crippen LogP contribution in [0.15, 0.2) is 24.3 Å². The van der Waals surface area contributed by atoms with Crippen LogP contribution in [-0.2, 0) is 4.74 Å². The molecule has 1 aromatic carbocycles. The van der Waals surface area contributed by atoms with Crippen molar-refractivity contribution >= 4 is 11.8 Å². The smallest absolute Gasteiger partial charge is 0.120 e. The molecule has 1 heterocycles. The van der Waals surface area contributed by atoms with Crippen LogP contribution < -0.4 is 10.5 Å². The third kappa shape index (κ3) is 5.46. The van der Waals surface area contributed by atoms with Crippen LogP contribution in [0.3, 0.4) is 0 Å². The van der Waals surface area contributed by atoms with Gasteiger partial charge in [0.2, 0.25) is 0 Å². The van der Waals surface area contributed by atoms with Crippen molar-refractivity contribution < 1.29 is 9.47 Å². The fourth-order valence-corrected chi connectivity index (χ4v) is 3.07. The number of hydrogen-bond acceptors (Lipinski definition) is 4. The van der Waals surface area contributed by atoms with Crippen molar-refractivity contribution in [1.82, 2.24) is 0 Å². The topological polar surface area (TPSA) is 44.5 Å². The molecule has 0 atom stereocenters. The zero-order chi connectivity index (χ0) is 14.0. The standard InChI is InChI=1S/C16H21NO2S/c17-8-2-4-14-3-1-5-15(13-14)19-11-12-20-16-6-9-18-10-7-16/h1,3,5,13,16H,6-12,17H2. The molecule has 0 amide bonds. The predicted molar refractivity (Wildman–Crippen MR) is 84.2 cm³/mol. The van der Waals surface area contributed by atoms with E-state index in [0.29, 0.717) is 6.54 Å². The van der Waals surface area contributed by atoms with Crippen molar-refractivity contribution in [2.24, 2.45) is 5.73 Å². The van der Waals surface area contributed by atoms with E-state index in [0.717, 1.165) is 55.0 Å². The highest BCUT2D eigenvalue weighted by molar-refractivity contribution is 7.99. The van der Waals surface area contributed by atoms with Gasteiger partial charge in [0.1, 0.15) is 5.75 Å². The molecular formula is C16H21NO2S. The maximum absolute atomic E-state index is 5.77. The van der Waals surface area contributed by atoms with E-state index in [1.807, 2.05) is 36.0 Å². The number of rotatable bonds is 5. The summed E-state index contributed by atoms with van der Waals surface area (Å²) in [5, 5.41) is 0.731. The largest absolute Gasteiger partial charge is 0.493 e. The first-order valence-corrected chi connectivity index (χ1v) is 8.04. The second kappa shape index (κ2) is 8.91. The molecule has 1 aliphatic rings. The minimum atomic E-state index is 0.382. The van der Waals surface area contributed by atoms with E-state index < -0.39 is 0 Å². The zero-order valence-corrected chi connectivity index (χ0v) is 12.5. The molecule has 0 unspecified atom stereocenters. The van der Waals surface area contributed by atoms with E-state index in [1.54, 1.807) is 0 Å². The molecule has 1 aromatic rings. The molecule has 0 bridgehead atoms. The van der Waals surface area contributed by atoms with Gasteiger partial charge < -0.3 is 15.2 Å². The van der Waals surface area contributed by atoms with Crippen LogP contribution >= 0.6 is 11.8 Å². The maximum Gasteiger partial charge on any atom is 0.120 e. The molecule has 0 spiro atoms. The van der Waals surface area contributed by atoms with Gasteiger partial charge in [0, 0.05) is 29.8 Å². The minimum absolute atomic E-state index is 0.382. The van der Waals surface area contributed by atoms with E-state index in [-0.39, 0.29) is 0 Å². The molecule has 0 aromatic heterocycles. The lowest BCUT2D eigenvalue weighted by atomic mass is 10.2. The van der Waals surface area contributed by atoms with Crippen molar-refractivity contribution in [3.8, 4) is 17.6 Å². The van der Waals surface area contributed by atoms with Crippen molar-refractivity contribution in [1.29, 1.82) is 0 Å². The van der Waals surface area contributed by atoms with Crippen molar-refractivity contribution in [3.63, 3.8) is 0 Å².